The first-order chi connectivity index (χ1) is 8.71. The quantitative estimate of drug-likeness (QED) is 0.803. The molecule has 0 saturated heterocycles. The van der Waals surface area contributed by atoms with E-state index in [0.717, 1.165) is 6.26 Å². The van der Waals surface area contributed by atoms with Gasteiger partial charge in [0.25, 0.3) is 5.91 Å². The Hall–Kier alpha value is -1.41. The van der Waals surface area contributed by atoms with Crippen LogP contribution in [0.4, 0.5) is 0 Å². The van der Waals surface area contributed by atoms with Crippen molar-refractivity contribution in [2.75, 3.05) is 26.4 Å². The van der Waals surface area contributed by atoms with Gasteiger partial charge < -0.3 is 5.32 Å². The fourth-order valence-corrected chi connectivity index (χ4v) is 1.76. The molecule has 0 fully saturated rings. The first-order valence-corrected chi connectivity index (χ1v) is 7.80. The van der Waals surface area contributed by atoms with E-state index in [4.69, 9.17) is 0 Å². The van der Waals surface area contributed by atoms with E-state index in [9.17, 15) is 13.2 Å². The fourth-order valence-electron chi connectivity index (χ4n) is 1.33. The molecule has 1 aromatic rings. The predicted molar refractivity (Wildman–Crippen MR) is 72.4 cm³/mol. The lowest BCUT2D eigenvalue weighted by atomic mass is 10.3. The molecule has 0 aliphatic carbocycles. The maximum absolute atomic E-state index is 11.8. The summed E-state index contributed by atoms with van der Waals surface area (Å²) in [6.07, 6.45) is 4.29. The van der Waals surface area contributed by atoms with Gasteiger partial charge in [-0.1, -0.05) is 0 Å². The standard InChI is InChI=1S/C11H20N4O3S/c1-9(2)15-8-10(7-13-15)11(16)12-5-6-14(3)19(4,17)18/h7-9H,5-6H2,1-4H3,(H,12,16). The number of hydrogen-bond donors (Lipinski definition) is 1. The Kier molecular flexibility index (Phi) is 5.07. The number of carbonyl (C=O) groups is 1. The van der Waals surface area contributed by atoms with Crippen molar-refractivity contribution in [3.8, 4) is 0 Å². The molecule has 1 amide bonds. The number of nitrogens with zero attached hydrogens (tertiary/aromatic N) is 3. The summed E-state index contributed by atoms with van der Waals surface area (Å²) in [7, 11) is -1.74. The molecule has 1 rings (SSSR count). The summed E-state index contributed by atoms with van der Waals surface area (Å²) in [6.45, 7) is 4.43. The number of aromatic nitrogens is 2. The third kappa shape index (κ3) is 4.64. The van der Waals surface area contributed by atoms with Crippen molar-refractivity contribution in [2.45, 2.75) is 19.9 Å². The van der Waals surface area contributed by atoms with Crippen molar-refractivity contribution < 1.29 is 13.2 Å². The maximum atomic E-state index is 11.8. The summed E-state index contributed by atoms with van der Waals surface area (Å²) in [4.78, 5) is 11.8. The van der Waals surface area contributed by atoms with Crippen molar-refractivity contribution in [3.63, 3.8) is 0 Å². The van der Waals surface area contributed by atoms with Gasteiger partial charge in [0, 0.05) is 32.4 Å². The highest BCUT2D eigenvalue weighted by molar-refractivity contribution is 7.88. The van der Waals surface area contributed by atoms with Gasteiger partial charge in [0.1, 0.15) is 0 Å². The van der Waals surface area contributed by atoms with Gasteiger partial charge in [-0.3, -0.25) is 9.48 Å². The van der Waals surface area contributed by atoms with E-state index < -0.39 is 10.0 Å². The molecule has 0 aliphatic rings. The summed E-state index contributed by atoms with van der Waals surface area (Å²) in [6, 6.07) is 0.193. The topological polar surface area (TPSA) is 84.3 Å². The van der Waals surface area contributed by atoms with Gasteiger partial charge in [-0.15, -0.1) is 0 Å². The van der Waals surface area contributed by atoms with Crippen molar-refractivity contribution in [3.05, 3.63) is 18.0 Å². The zero-order valence-corrected chi connectivity index (χ0v) is 12.4. The van der Waals surface area contributed by atoms with Crippen LogP contribution in [-0.4, -0.2) is 54.8 Å². The molecular weight excluding hydrogens is 268 g/mol. The Morgan fingerprint density at radius 1 is 1.53 bits per heavy atom. The Labute approximate surface area is 113 Å². The van der Waals surface area contributed by atoms with E-state index in [0.29, 0.717) is 5.56 Å². The molecule has 0 radical (unpaired) electrons. The highest BCUT2D eigenvalue weighted by atomic mass is 32.2. The molecule has 7 nitrogen and oxygen atoms in total. The molecule has 8 heteroatoms. The fraction of sp³-hybridized carbons (Fsp3) is 0.636. The molecule has 0 aliphatic heterocycles. The molecule has 0 spiro atoms. The average molecular weight is 288 g/mol. The smallest absolute Gasteiger partial charge is 0.254 e. The van der Waals surface area contributed by atoms with Crippen LogP contribution in [0.15, 0.2) is 12.4 Å². The number of nitrogens with one attached hydrogen (secondary N) is 1. The average Bonchev–Trinajstić information content (AvgIpc) is 2.76. The molecular formula is C11H20N4O3S. The van der Waals surface area contributed by atoms with Crippen LogP contribution in [0, 0.1) is 0 Å². The number of sulfonamides is 1. The lowest BCUT2D eigenvalue weighted by Crippen LogP contribution is -2.35. The molecule has 19 heavy (non-hydrogen) atoms. The summed E-state index contributed by atoms with van der Waals surface area (Å²) >= 11 is 0. The molecule has 0 atom stereocenters. The normalized spacial score (nSPS) is 12.1. The molecule has 1 N–H and O–H groups in total. The van der Waals surface area contributed by atoms with Crippen LogP contribution in [0.5, 0.6) is 0 Å². The molecule has 0 aromatic carbocycles. The predicted octanol–water partition coefficient (Wildman–Crippen LogP) is 0.0852. The first kappa shape index (κ1) is 15.6. The van der Waals surface area contributed by atoms with Crippen molar-refractivity contribution in [2.24, 2.45) is 0 Å². The highest BCUT2D eigenvalue weighted by Crippen LogP contribution is 2.04. The number of rotatable bonds is 6. The lowest BCUT2D eigenvalue weighted by molar-refractivity contribution is 0.0952. The third-order valence-electron chi connectivity index (χ3n) is 2.67. The zero-order valence-electron chi connectivity index (χ0n) is 11.6. The van der Waals surface area contributed by atoms with Gasteiger partial charge in [-0.05, 0) is 13.8 Å². The molecule has 0 bridgehead atoms. The monoisotopic (exact) mass is 288 g/mol. The van der Waals surface area contributed by atoms with Gasteiger partial charge in [-0.2, -0.15) is 5.10 Å². The summed E-state index contributed by atoms with van der Waals surface area (Å²) < 4.78 is 25.2. The van der Waals surface area contributed by atoms with Gasteiger partial charge in [0.2, 0.25) is 10.0 Å². The second kappa shape index (κ2) is 6.16. The molecule has 108 valence electrons. The number of amides is 1. The SMILES string of the molecule is CC(C)n1cc(C(=O)NCCN(C)S(C)(=O)=O)cn1. The summed E-state index contributed by atoms with van der Waals surface area (Å²) in [5, 5.41) is 6.72. The van der Waals surface area contributed by atoms with Crippen LogP contribution in [0.3, 0.4) is 0 Å². The van der Waals surface area contributed by atoms with Gasteiger partial charge in [-0.25, -0.2) is 12.7 Å². The van der Waals surface area contributed by atoms with E-state index >= 15 is 0 Å². The molecule has 0 unspecified atom stereocenters. The van der Waals surface area contributed by atoms with E-state index in [1.165, 1.54) is 17.5 Å². The lowest BCUT2D eigenvalue weighted by Gasteiger charge is -2.13. The van der Waals surface area contributed by atoms with Crippen molar-refractivity contribution in [1.82, 2.24) is 19.4 Å². The minimum absolute atomic E-state index is 0.193. The maximum Gasteiger partial charge on any atom is 0.254 e. The van der Waals surface area contributed by atoms with Crippen LogP contribution in [-0.2, 0) is 10.0 Å². The Bertz CT molecular complexity index is 536. The number of carbonyl (C=O) groups excluding carboxylic acids is 1. The largest absolute Gasteiger partial charge is 0.351 e. The van der Waals surface area contributed by atoms with Gasteiger partial charge >= 0.3 is 0 Å². The summed E-state index contributed by atoms with van der Waals surface area (Å²) in [5.74, 6) is -0.256. The molecule has 1 aromatic heterocycles. The zero-order chi connectivity index (χ0) is 14.6. The second-order valence-electron chi connectivity index (χ2n) is 4.64. The van der Waals surface area contributed by atoms with Crippen LogP contribution < -0.4 is 5.32 Å². The first-order valence-electron chi connectivity index (χ1n) is 5.95. The van der Waals surface area contributed by atoms with Crippen LogP contribution in [0.25, 0.3) is 0 Å². The van der Waals surface area contributed by atoms with Gasteiger partial charge in [0.05, 0.1) is 18.0 Å². The Morgan fingerprint density at radius 3 is 2.63 bits per heavy atom. The second-order valence-corrected chi connectivity index (χ2v) is 6.73. The number of hydrogen-bond acceptors (Lipinski definition) is 4. The van der Waals surface area contributed by atoms with E-state index in [2.05, 4.69) is 10.4 Å². The number of likely N-dealkylation sites (N-methyl/N-ethyl adjacent to an activating group) is 1. The van der Waals surface area contributed by atoms with E-state index in [1.807, 2.05) is 13.8 Å². The van der Waals surface area contributed by atoms with Crippen LogP contribution in [0.2, 0.25) is 0 Å². The molecule has 0 saturated carbocycles. The van der Waals surface area contributed by atoms with Gasteiger partial charge in [0.15, 0.2) is 0 Å². The van der Waals surface area contributed by atoms with E-state index in [-0.39, 0.29) is 25.0 Å². The molecule has 1 heterocycles. The highest BCUT2D eigenvalue weighted by Gasteiger charge is 2.12. The third-order valence-corrected chi connectivity index (χ3v) is 3.99. The minimum atomic E-state index is -3.21. The van der Waals surface area contributed by atoms with Crippen LogP contribution >= 0.6 is 0 Å². The minimum Gasteiger partial charge on any atom is -0.351 e. The Balaban J connectivity index is 2.47. The van der Waals surface area contributed by atoms with Crippen molar-refractivity contribution >= 4 is 15.9 Å². The summed E-state index contributed by atoms with van der Waals surface area (Å²) in [5.41, 5.74) is 0.468. The Morgan fingerprint density at radius 2 is 2.16 bits per heavy atom. The van der Waals surface area contributed by atoms with Crippen molar-refractivity contribution in [1.29, 1.82) is 0 Å². The van der Waals surface area contributed by atoms with E-state index in [1.54, 1.807) is 10.9 Å². The van der Waals surface area contributed by atoms with Crippen LogP contribution in [0.1, 0.15) is 30.2 Å².